The van der Waals surface area contributed by atoms with Gasteiger partial charge >= 0.3 is 5.63 Å². The first-order valence-electron chi connectivity index (χ1n) is 5.88. The molecule has 0 amide bonds. The molecule has 0 spiro atoms. The smallest absolute Gasteiger partial charge is 0.335 e. The van der Waals surface area contributed by atoms with E-state index in [-0.39, 0.29) is 11.7 Å². The van der Waals surface area contributed by atoms with Crippen LogP contribution in [-0.4, -0.2) is 4.74 Å². The first kappa shape index (κ1) is 11.9. The van der Waals surface area contributed by atoms with Crippen molar-refractivity contribution in [2.75, 3.05) is 0 Å². The van der Waals surface area contributed by atoms with Crippen LogP contribution < -0.4 is 11.4 Å². The van der Waals surface area contributed by atoms with Crippen LogP contribution in [0.25, 0.3) is 10.9 Å². The van der Waals surface area contributed by atoms with Gasteiger partial charge in [0.25, 0.3) is 0 Å². The lowest BCUT2D eigenvalue weighted by Gasteiger charge is -2.08. The molecule has 0 saturated heterocycles. The van der Waals surface area contributed by atoms with E-state index in [4.69, 9.17) is 10.3 Å². The van der Waals surface area contributed by atoms with E-state index >= 15 is 0 Å². The predicted molar refractivity (Wildman–Crippen MR) is 67.9 cm³/mol. The molecule has 0 saturated carbocycles. The molecule has 4 heteroatoms. The van der Waals surface area contributed by atoms with Crippen LogP contribution in [-0.2, 0) is 6.54 Å². The second-order valence-electron chi connectivity index (χ2n) is 4.90. The molecule has 1 aromatic heterocycles. The van der Waals surface area contributed by atoms with E-state index in [1.165, 1.54) is 0 Å². The summed E-state index contributed by atoms with van der Waals surface area (Å²) in [5, 5.41) is 0.620. The van der Waals surface area contributed by atoms with E-state index in [1.807, 2.05) is 19.1 Å². The van der Waals surface area contributed by atoms with E-state index in [1.54, 1.807) is 10.8 Å². The topological polar surface area (TPSA) is 61.2 Å². The maximum absolute atomic E-state index is 11.6. The Morgan fingerprint density at radius 2 is 2.06 bits per heavy atom. The van der Waals surface area contributed by atoms with Gasteiger partial charge in [-0.2, -0.15) is 0 Å². The number of hydrogen-bond acceptors (Lipinski definition) is 3. The van der Waals surface area contributed by atoms with Crippen LogP contribution in [0, 0.1) is 5.92 Å². The molecule has 2 N–H and O–H groups in total. The minimum absolute atomic E-state index is 0.0445. The first-order chi connectivity index (χ1) is 7.99. The van der Waals surface area contributed by atoms with Gasteiger partial charge in [-0.05, 0) is 30.5 Å². The van der Waals surface area contributed by atoms with Crippen molar-refractivity contribution in [3.63, 3.8) is 0 Å². The SMILES string of the molecule is CC(C)Cn1oc(=O)c2ccc(C(C)N)cc21. The van der Waals surface area contributed by atoms with E-state index in [0.29, 0.717) is 17.8 Å². The Morgan fingerprint density at radius 3 is 2.65 bits per heavy atom. The Kier molecular flexibility index (Phi) is 3.07. The van der Waals surface area contributed by atoms with Crippen LogP contribution in [0.5, 0.6) is 0 Å². The van der Waals surface area contributed by atoms with Gasteiger partial charge in [0.15, 0.2) is 0 Å². The number of nitrogens with two attached hydrogens (primary N) is 1. The predicted octanol–water partition coefficient (Wildman–Crippen LogP) is 2.27. The van der Waals surface area contributed by atoms with Crippen molar-refractivity contribution in [2.24, 2.45) is 11.7 Å². The summed E-state index contributed by atoms with van der Waals surface area (Å²) in [5.41, 5.74) is 7.41. The van der Waals surface area contributed by atoms with Gasteiger partial charge in [-0.15, -0.1) is 0 Å². The van der Waals surface area contributed by atoms with Crippen molar-refractivity contribution in [2.45, 2.75) is 33.4 Å². The van der Waals surface area contributed by atoms with E-state index in [0.717, 1.165) is 11.1 Å². The Bertz CT molecular complexity index is 579. The summed E-state index contributed by atoms with van der Waals surface area (Å²) in [6, 6.07) is 5.56. The van der Waals surface area contributed by atoms with Crippen LogP contribution in [0.15, 0.2) is 27.5 Å². The number of benzene rings is 1. The quantitative estimate of drug-likeness (QED) is 0.886. The van der Waals surface area contributed by atoms with Gasteiger partial charge in [-0.25, -0.2) is 9.53 Å². The van der Waals surface area contributed by atoms with Gasteiger partial charge in [0.1, 0.15) is 0 Å². The standard InChI is InChI=1S/C13H18N2O2/c1-8(2)7-15-12-6-10(9(3)14)4-5-11(12)13(16)17-15/h4-6,8-9H,7,14H2,1-3H3. The summed E-state index contributed by atoms with van der Waals surface area (Å²) < 4.78 is 6.89. The fourth-order valence-corrected chi connectivity index (χ4v) is 1.88. The summed E-state index contributed by atoms with van der Waals surface area (Å²) in [6.45, 7) is 6.79. The molecule has 1 aromatic carbocycles. The van der Waals surface area contributed by atoms with Crippen molar-refractivity contribution >= 4 is 10.9 Å². The maximum Gasteiger partial charge on any atom is 0.365 e. The Labute approximate surface area is 100.0 Å². The van der Waals surface area contributed by atoms with Gasteiger partial charge in [-0.3, -0.25) is 0 Å². The van der Waals surface area contributed by atoms with E-state index in [9.17, 15) is 4.79 Å². The van der Waals surface area contributed by atoms with Crippen LogP contribution in [0.2, 0.25) is 0 Å². The van der Waals surface area contributed by atoms with Crippen molar-refractivity contribution < 1.29 is 4.52 Å². The molecular formula is C13H18N2O2. The Hall–Kier alpha value is -1.55. The molecule has 92 valence electrons. The monoisotopic (exact) mass is 234 g/mol. The highest BCUT2D eigenvalue weighted by Crippen LogP contribution is 2.18. The van der Waals surface area contributed by atoms with Crippen molar-refractivity contribution in [3.8, 4) is 0 Å². The fourth-order valence-electron chi connectivity index (χ4n) is 1.88. The second-order valence-corrected chi connectivity index (χ2v) is 4.90. The maximum atomic E-state index is 11.6. The minimum atomic E-state index is -0.281. The molecule has 0 aliphatic carbocycles. The molecule has 4 nitrogen and oxygen atoms in total. The van der Waals surface area contributed by atoms with Crippen LogP contribution in [0.4, 0.5) is 0 Å². The van der Waals surface area contributed by atoms with Crippen LogP contribution in [0.1, 0.15) is 32.4 Å². The van der Waals surface area contributed by atoms with Gasteiger partial charge < -0.3 is 10.3 Å². The lowest BCUT2D eigenvalue weighted by atomic mass is 10.1. The number of aromatic nitrogens is 1. The molecule has 1 atom stereocenters. The first-order valence-corrected chi connectivity index (χ1v) is 5.88. The minimum Gasteiger partial charge on any atom is -0.335 e. The zero-order chi connectivity index (χ0) is 12.6. The Morgan fingerprint density at radius 1 is 1.35 bits per heavy atom. The molecule has 0 radical (unpaired) electrons. The zero-order valence-corrected chi connectivity index (χ0v) is 10.4. The fraction of sp³-hybridized carbons (Fsp3) is 0.462. The lowest BCUT2D eigenvalue weighted by molar-refractivity contribution is 0.238. The molecule has 0 fully saturated rings. The summed E-state index contributed by atoms with van der Waals surface area (Å²) in [7, 11) is 0. The average Bonchev–Trinajstić information content (AvgIpc) is 2.54. The third kappa shape index (κ3) is 2.26. The summed E-state index contributed by atoms with van der Waals surface area (Å²) in [6.07, 6.45) is 0. The largest absolute Gasteiger partial charge is 0.365 e. The van der Waals surface area contributed by atoms with Gasteiger partial charge in [0.05, 0.1) is 17.4 Å². The third-order valence-corrected chi connectivity index (χ3v) is 2.76. The molecule has 0 aliphatic rings. The van der Waals surface area contributed by atoms with E-state index < -0.39 is 0 Å². The van der Waals surface area contributed by atoms with Gasteiger partial charge in [0.2, 0.25) is 0 Å². The number of nitrogens with zero attached hydrogens (tertiary/aromatic N) is 1. The molecule has 0 aliphatic heterocycles. The molecule has 2 rings (SSSR count). The zero-order valence-electron chi connectivity index (χ0n) is 10.4. The van der Waals surface area contributed by atoms with Crippen molar-refractivity contribution in [1.82, 2.24) is 4.74 Å². The van der Waals surface area contributed by atoms with Crippen molar-refractivity contribution in [3.05, 3.63) is 34.2 Å². The number of rotatable bonds is 3. The second kappa shape index (κ2) is 4.37. The third-order valence-electron chi connectivity index (χ3n) is 2.76. The molecular weight excluding hydrogens is 216 g/mol. The average molecular weight is 234 g/mol. The lowest BCUT2D eigenvalue weighted by Crippen LogP contribution is -2.06. The van der Waals surface area contributed by atoms with Crippen LogP contribution in [0.3, 0.4) is 0 Å². The summed E-state index contributed by atoms with van der Waals surface area (Å²) in [5.74, 6) is 0.424. The van der Waals surface area contributed by atoms with Gasteiger partial charge in [-0.1, -0.05) is 19.9 Å². The van der Waals surface area contributed by atoms with Crippen molar-refractivity contribution in [1.29, 1.82) is 0 Å². The number of hydrogen-bond donors (Lipinski definition) is 1. The molecule has 1 heterocycles. The number of fused-ring (bicyclic) bond motifs is 1. The van der Waals surface area contributed by atoms with Crippen LogP contribution >= 0.6 is 0 Å². The summed E-state index contributed by atoms with van der Waals surface area (Å²) in [4.78, 5) is 11.6. The highest BCUT2D eigenvalue weighted by molar-refractivity contribution is 5.78. The highest BCUT2D eigenvalue weighted by atomic mass is 16.5. The highest BCUT2D eigenvalue weighted by Gasteiger charge is 2.11. The molecule has 1 unspecified atom stereocenters. The van der Waals surface area contributed by atoms with Gasteiger partial charge in [0, 0.05) is 6.04 Å². The molecule has 2 aromatic rings. The normalized spacial score (nSPS) is 13.5. The Balaban J connectivity index is 2.60. The molecule has 17 heavy (non-hydrogen) atoms. The summed E-state index contributed by atoms with van der Waals surface area (Å²) >= 11 is 0. The molecule has 0 bridgehead atoms. The van der Waals surface area contributed by atoms with E-state index in [2.05, 4.69) is 13.8 Å².